The lowest BCUT2D eigenvalue weighted by Crippen LogP contribution is -2.55. The maximum Gasteiger partial charge on any atom is 0.357 e. The van der Waals surface area contributed by atoms with Crippen molar-refractivity contribution in [2.24, 2.45) is 5.92 Å². The second-order valence-corrected chi connectivity index (χ2v) is 7.39. The lowest BCUT2D eigenvalue weighted by atomic mass is 9.99. The largest absolute Gasteiger partial charge is 0.357 e. The average molecular weight is 379 g/mol. The van der Waals surface area contributed by atoms with Gasteiger partial charge in [-0.1, -0.05) is 18.2 Å². The van der Waals surface area contributed by atoms with Gasteiger partial charge in [-0.05, 0) is 24.3 Å². The van der Waals surface area contributed by atoms with Gasteiger partial charge in [0.25, 0.3) is 11.8 Å². The molecule has 1 aliphatic heterocycles. The van der Waals surface area contributed by atoms with Crippen molar-refractivity contribution in [3.05, 3.63) is 64.2 Å². The first-order valence-electron chi connectivity index (χ1n) is 8.37. The van der Waals surface area contributed by atoms with E-state index in [-0.39, 0.29) is 19.0 Å². The number of thiazole rings is 1. The zero-order chi connectivity index (χ0) is 18.5. The first-order valence-corrected chi connectivity index (χ1v) is 9.19. The van der Waals surface area contributed by atoms with Gasteiger partial charge in [-0.2, -0.15) is 0 Å². The minimum Gasteiger partial charge on any atom is -0.335 e. The van der Waals surface area contributed by atoms with E-state index in [0.29, 0.717) is 10.7 Å². The number of para-hydroxylation sites is 1. The highest BCUT2D eigenvalue weighted by Crippen LogP contribution is 2.26. The second kappa shape index (κ2) is 5.85. The summed E-state index contributed by atoms with van der Waals surface area (Å²) in [7, 11) is 0. The predicted octanol–water partition coefficient (Wildman–Crippen LogP) is 1.52. The Morgan fingerprint density at radius 1 is 1.07 bits per heavy atom. The molecule has 0 spiro atoms. The van der Waals surface area contributed by atoms with Gasteiger partial charge in [0.15, 0.2) is 10.7 Å². The number of pyridine rings is 1. The Hall–Kier alpha value is -3.33. The van der Waals surface area contributed by atoms with Gasteiger partial charge in [-0.3, -0.25) is 9.59 Å². The molecular formula is C18H13N5O3S. The van der Waals surface area contributed by atoms with E-state index in [2.05, 4.69) is 10.1 Å². The summed E-state index contributed by atoms with van der Waals surface area (Å²) in [6.45, 7) is 0.516. The van der Waals surface area contributed by atoms with Crippen molar-refractivity contribution >= 4 is 39.0 Å². The van der Waals surface area contributed by atoms with E-state index in [9.17, 15) is 14.4 Å². The molecule has 4 heterocycles. The lowest BCUT2D eigenvalue weighted by molar-refractivity contribution is 0.0412. The van der Waals surface area contributed by atoms with Crippen molar-refractivity contribution in [2.75, 3.05) is 13.1 Å². The van der Waals surface area contributed by atoms with Gasteiger partial charge in [0.2, 0.25) is 0 Å². The fourth-order valence-electron chi connectivity index (χ4n) is 3.14. The number of nitrogens with zero attached hydrogens (tertiary/aromatic N) is 5. The van der Waals surface area contributed by atoms with Crippen LogP contribution in [0.3, 0.4) is 0 Å². The number of rotatable bonds is 2. The number of carbonyl (C=O) groups is 2. The summed E-state index contributed by atoms with van der Waals surface area (Å²) in [5, 5.41) is 4.49. The van der Waals surface area contributed by atoms with Gasteiger partial charge in [0, 0.05) is 19.3 Å². The standard InChI is InChI=1S/C18H13N5O3S/c24-16(23-18(26)22-8-4-3-7-14(22)20-23)11-9-21(10-11)17(25)15-19-12-5-1-2-6-13(12)27-15/h1-8,11H,9-10H2. The molecular weight excluding hydrogens is 366 g/mol. The predicted molar refractivity (Wildman–Crippen MR) is 99.1 cm³/mol. The normalized spacial score (nSPS) is 14.6. The maximum absolute atomic E-state index is 12.6. The molecule has 0 saturated carbocycles. The van der Waals surface area contributed by atoms with E-state index in [1.165, 1.54) is 15.7 Å². The quantitative estimate of drug-likeness (QED) is 0.527. The summed E-state index contributed by atoms with van der Waals surface area (Å²) in [4.78, 5) is 43.4. The molecule has 1 aromatic carbocycles. The third-order valence-corrected chi connectivity index (χ3v) is 5.66. The van der Waals surface area contributed by atoms with Crippen LogP contribution in [-0.2, 0) is 0 Å². The topological polar surface area (TPSA) is 89.6 Å². The van der Waals surface area contributed by atoms with E-state index in [0.717, 1.165) is 14.9 Å². The average Bonchev–Trinajstić information content (AvgIpc) is 3.22. The Balaban J connectivity index is 1.33. The van der Waals surface area contributed by atoms with Crippen LogP contribution < -0.4 is 5.69 Å². The molecule has 0 unspecified atom stereocenters. The van der Waals surface area contributed by atoms with Gasteiger partial charge < -0.3 is 4.90 Å². The van der Waals surface area contributed by atoms with Crippen LogP contribution in [0.15, 0.2) is 53.5 Å². The molecule has 1 aliphatic rings. The minimum absolute atomic E-state index is 0.192. The summed E-state index contributed by atoms with van der Waals surface area (Å²) in [6, 6.07) is 12.7. The summed E-state index contributed by atoms with van der Waals surface area (Å²) in [5.41, 5.74) is 0.708. The number of aromatic nitrogens is 4. The van der Waals surface area contributed by atoms with Crippen molar-refractivity contribution in [3.8, 4) is 0 Å². The third-order valence-electron chi connectivity index (χ3n) is 4.63. The van der Waals surface area contributed by atoms with Crippen molar-refractivity contribution in [1.82, 2.24) is 24.1 Å². The Kier molecular flexibility index (Phi) is 3.44. The van der Waals surface area contributed by atoms with E-state index in [4.69, 9.17) is 0 Å². The summed E-state index contributed by atoms with van der Waals surface area (Å²) < 4.78 is 3.16. The van der Waals surface area contributed by atoms with Crippen molar-refractivity contribution < 1.29 is 9.59 Å². The Morgan fingerprint density at radius 2 is 1.85 bits per heavy atom. The number of hydrogen-bond donors (Lipinski definition) is 0. The summed E-state index contributed by atoms with van der Waals surface area (Å²) in [5.74, 6) is -1.02. The molecule has 9 heteroatoms. The molecule has 1 saturated heterocycles. The van der Waals surface area contributed by atoms with Crippen LogP contribution in [0.4, 0.5) is 0 Å². The van der Waals surface area contributed by atoms with Crippen LogP contribution in [0.25, 0.3) is 15.9 Å². The van der Waals surface area contributed by atoms with Gasteiger partial charge >= 0.3 is 5.69 Å². The third kappa shape index (κ3) is 2.47. The molecule has 4 aromatic rings. The van der Waals surface area contributed by atoms with Gasteiger partial charge in [0.05, 0.1) is 16.1 Å². The number of carbonyl (C=O) groups excluding carboxylic acids is 2. The smallest absolute Gasteiger partial charge is 0.335 e. The zero-order valence-electron chi connectivity index (χ0n) is 14.0. The van der Waals surface area contributed by atoms with Crippen LogP contribution in [0.1, 0.15) is 14.6 Å². The molecule has 27 heavy (non-hydrogen) atoms. The molecule has 0 N–H and O–H groups in total. The first kappa shape index (κ1) is 15.9. The van der Waals surface area contributed by atoms with E-state index in [1.807, 2.05) is 24.3 Å². The SMILES string of the molecule is O=C(c1nc2ccccc2s1)N1CC(C(=O)n2nc3ccccn3c2=O)C1. The molecule has 5 rings (SSSR count). The molecule has 0 atom stereocenters. The maximum atomic E-state index is 12.6. The van der Waals surface area contributed by atoms with Crippen molar-refractivity contribution in [2.45, 2.75) is 0 Å². The van der Waals surface area contributed by atoms with Gasteiger partial charge in [0.1, 0.15) is 0 Å². The highest BCUT2D eigenvalue weighted by atomic mass is 32.1. The molecule has 8 nitrogen and oxygen atoms in total. The number of benzene rings is 1. The van der Waals surface area contributed by atoms with Crippen LogP contribution in [0.2, 0.25) is 0 Å². The molecule has 0 bridgehead atoms. The van der Waals surface area contributed by atoms with Crippen LogP contribution in [0, 0.1) is 5.92 Å². The van der Waals surface area contributed by atoms with E-state index < -0.39 is 17.5 Å². The molecule has 1 amide bonds. The second-order valence-electron chi connectivity index (χ2n) is 6.36. The number of fused-ring (bicyclic) bond motifs is 2. The van der Waals surface area contributed by atoms with Crippen LogP contribution in [0.5, 0.6) is 0 Å². The number of amides is 1. The molecule has 0 radical (unpaired) electrons. The highest BCUT2D eigenvalue weighted by Gasteiger charge is 2.39. The van der Waals surface area contributed by atoms with E-state index in [1.54, 1.807) is 29.3 Å². The molecule has 0 aliphatic carbocycles. The van der Waals surface area contributed by atoms with Crippen LogP contribution in [-0.4, -0.2) is 49.0 Å². The Labute approximate surface area is 156 Å². The first-order chi connectivity index (χ1) is 13.1. The minimum atomic E-state index is -0.494. The molecule has 134 valence electrons. The monoisotopic (exact) mass is 379 g/mol. The molecule has 1 fully saturated rings. The van der Waals surface area contributed by atoms with Gasteiger partial charge in [-0.15, -0.1) is 21.1 Å². The lowest BCUT2D eigenvalue weighted by Gasteiger charge is -2.37. The van der Waals surface area contributed by atoms with Crippen molar-refractivity contribution in [3.63, 3.8) is 0 Å². The summed E-state index contributed by atoms with van der Waals surface area (Å²) in [6.07, 6.45) is 1.57. The van der Waals surface area contributed by atoms with Crippen LogP contribution >= 0.6 is 11.3 Å². The van der Waals surface area contributed by atoms with Crippen molar-refractivity contribution in [1.29, 1.82) is 0 Å². The van der Waals surface area contributed by atoms with E-state index >= 15 is 0 Å². The number of hydrogen-bond acceptors (Lipinski definition) is 6. The number of likely N-dealkylation sites (tertiary alicyclic amines) is 1. The molecule has 3 aromatic heterocycles. The van der Waals surface area contributed by atoms with Gasteiger partial charge in [-0.25, -0.2) is 14.2 Å². The highest BCUT2D eigenvalue weighted by molar-refractivity contribution is 7.20. The zero-order valence-corrected chi connectivity index (χ0v) is 14.8. The fraction of sp³-hybridized carbons (Fsp3) is 0.167. The summed E-state index contributed by atoms with van der Waals surface area (Å²) >= 11 is 1.34. The Morgan fingerprint density at radius 3 is 2.63 bits per heavy atom. The fourth-order valence-corrected chi connectivity index (χ4v) is 4.07. The Bertz CT molecular complexity index is 1230.